The van der Waals surface area contributed by atoms with E-state index in [9.17, 15) is 9.50 Å². The van der Waals surface area contributed by atoms with Gasteiger partial charge in [-0.05, 0) is 23.4 Å². The van der Waals surface area contributed by atoms with Gasteiger partial charge in [-0.15, -0.1) is 0 Å². The third-order valence-corrected chi connectivity index (χ3v) is 3.51. The van der Waals surface area contributed by atoms with Gasteiger partial charge < -0.3 is 5.11 Å². The van der Waals surface area contributed by atoms with Crippen LogP contribution in [0.4, 0.5) is 4.39 Å². The van der Waals surface area contributed by atoms with Gasteiger partial charge in [-0.2, -0.15) is 11.8 Å². The minimum atomic E-state index is -0.467. The third-order valence-electron chi connectivity index (χ3n) is 1.99. The first-order valence-electron chi connectivity index (χ1n) is 4.83. The molecule has 0 aliphatic carbocycles. The molecule has 0 aliphatic heterocycles. The molecule has 84 valence electrons. The van der Waals surface area contributed by atoms with Crippen LogP contribution < -0.4 is 0 Å². The van der Waals surface area contributed by atoms with Gasteiger partial charge in [0.1, 0.15) is 5.82 Å². The molecule has 0 saturated carbocycles. The lowest BCUT2D eigenvalue weighted by Crippen LogP contribution is -2.14. The van der Waals surface area contributed by atoms with Crippen molar-refractivity contribution in [1.29, 1.82) is 0 Å². The average molecular weight is 293 g/mol. The van der Waals surface area contributed by atoms with Crippen LogP contribution in [0.15, 0.2) is 22.7 Å². The van der Waals surface area contributed by atoms with Crippen molar-refractivity contribution in [1.82, 2.24) is 0 Å². The van der Waals surface area contributed by atoms with Crippen molar-refractivity contribution in [2.75, 3.05) is 11.5 Å². The number of halogens is 2. The number of aliphatic hydroxyl groups excluding tert-OH is 1. The van der Waals surface area contributed by atoms with Gasteiger partial charge in [0.05, 0.1) is 6.10 Å². The quantitative estimate of drug-likeness (QED) is 0.899. The summed E-state index contributed by atoms with van der Waals surface area (Å²) in [5.74, 6) is 1.37. The van der Waals surface area contributed by atoms with Gasteiger partial charge in [0, 0.05) is 16.6 Å². The molecule has 15 heavy (non-hydrogen) atoms. The molecule has 1 unspecified atom stereocenters. The van der Waals surface area contributed by atoms with Crippen molar-refractivity contribution in [3.63, 3.8) is 0 Å². The molecule has 1 aromatic carbocycles. The number of aliphatic hydroxyl groups is 1. The standard InChI is InChI=1S/C11H14BrFOS/c1-2-15-7-10(14)5-8-3-4-9(12)6-11(8)13/h3-4,6,10,14H,2,5,7H2,1H3. The molecule has 0 bridgehead atoms. The first-order valence-corrected chi connectivity index (χ1v) is 6.78. The van der Waals surface area contributed by atoms with Crippen molar-refractivity contribution in [2.45, 2.75) is 19.4 Å². The van der Waals surface area contributed by atoms with Crippen molar-refractivity contribution in [3.05, 3.63) is 34.1 Å². The Kier molecular flexibility index (Phi) is 5.64. The molecular formula is C11H14BrFOS. The number of hydrogen-bond donors (Lipinski definition) is 1. The summed E-state index contributed by atoms with van der Waals surface area (Å²) < 4.78 is 14.1. The number of rotatable bonds is 5. The highest BCUT2D eigenvalue weighted by molar-refractivity contribution is 9.10. The summed E-state index contributed by atoms with van der Waals surface area (Å²) in [5, 5.41) is 9.63. The maximum Gasteiger partial charge on any atom is 0.127 e. The first-order chi connectivity index (χ1) is 7.13. The van der Waals surface area contributed by atoms with E-state index in [1.54, 1.807) is 23.9 Å². The van der Waals surface area contributed by atoms with E-state index in [0.717, 1.165) is 10.2 Å². The number of thioether (sulfide) groups is 1. The van der Waals surface area contributed by atoms with Crippen LogP contribution in [-0.4, -0.2) is 22.7 Å². The maximum atomic E-state index is 13.4. The average Bonchev–Trinajstić information content (AvgIpc) is 2.19. The smallest absolute Gasteiger partial charge is 0.127 e. The zero-order valence-electron chi connectivity index (χ0n) is 8.54. The second-order valence-electron chi connectivity index (χ2n) is 3.25. The number of hydrogen-bond acceptors (Lipinski definition) is 2. The Hall–Kier alpha value is -0.0600. The summed E-state index contributed by atoms with van der Waals surface area (Å²) in [5.41, 5.74) is 0.572. The highest BCUT2D eigenvalue weighted by Crippen LogP contribution is 2.17. The molecule has 1 nitrogen and oxygen atoms in total. The zero-order valence-corrected chi connectivity index (χ0v) is 10.9. The fourth-order valence-corrected chi connectivity index (χ4v) is 2.21. The van der Waals surface area contributed by atoms with Crippen molar-refractivity contribution in [3.8, 4) is 0 Å². The van der Waals surface area contributed by atoms with E-state index in [-0.39, 0.29) is 5.82 Å². The van der Waals surface area contributed by atoms with Crippen molar-refractivity contribution < 1.29 is 9.50 Å². The molecule has 1 rings (SSSR count). The van der Waals surface area contributed by atoms with Gasteiger partial charge in [-0.25, -0.2) is 4.39 Å². The zero-order chi connectivity index (χ0) is 11.3. The van der Waals surface area contributed by atoms with Crippen LogP contribution in [0.25, 0.3) is 0 Å². The van der Waals surface area contributed by atoms with Crippen LogP contribution in [0, 0.1) is 5.82 Å². The minimum Gasteiger partial charge on any atom is -0.392 e. The van der Waals surface area contributed by atoms with Gasteiger partial charge >= 0.3 is 0 Å². The maximum absolute atomic E-state index is 13.4. The van der Waals surface area contributed by atoms with Crippen LogP contribution in [-0.2, 0) is 6.42 Å². The predicted molar refractivity (Wildman–Crippen MR) is 66.8 cm³/mol. The monoisotopic (exact) mass is 292 g/mol. The molecular weight excluding hydrogens is 279 g/mol. The van der Waals surface area contributed by atoms with E-state index >= 15 is 0 Å². The molecule has 4 heteroatoms. The molecule has 0 aromatic heterocycles. The summed E-state index contributed by atoms with van der Waals surface area (Å²) in [7, 11) is 0. The van der Waals surface area contributed by atoms with Crippen molar-refractivity contribution in [2.24, 2.45) is 0 Å². The largest absolute Gasteiger partial charge is 0.392 e. The summed E-state index contributed by atoms with van der Waals surface area (Å²) in [6.07, 6.45) is -0.0859. The Morgan fingerprint density at radius 2 is 2.27 bits per heavy atom. The molecule has 0 spiro atoms. The highest BCUT2D eigenvalue weighted by atomic mass is 79.9. The third kappa shape index (κ3) is 4.53. The summed E-state index contributed by atoms with van der Waals surface area (Å²) in [6, 6.07) is 4.92. The lowest BCUT2D eigenvalue weighted by molar-refractivity contribution is 0.199. The Labute approximate surface area is 102 Å². The second-order valence-corrected chi connectivity index (χ2v) is 5.49. The molecule has 0 amide bonds. The van der Waals surface area contributed by atoms with Crippen LogP contribution >= 0.6 is 27.7 Å². The Bertz CT molecular complexity index is 319. The predicted octanol–water partition coefficient (Wildman–Crippen LogP) is 3.24. The van der Waals surface area contributed by atoms with Gasteiger partial charge in [-0.3, -0.25) is 0 Å². The molecule has 1 atom stereocenters. The van der Waals surface area contributed by atoms with Crippen molar-refractivity contribution >= 4 is 27.7 Å². The molecule has 0 saturated heterocycles. The van der Waals surface area contributed by atoms with E-state index in [1.807, 2.05) is 6.92 Å². The van der Waals surface area contributed by atoms with Crippen LogP contribution in [0.2, 0.25) is 0 Å². The fraction of sp³-hybridized carbons (Fsp3) is 0.455. The van der Waals surface area contributed by atoms with E-state index < -0.39 is 6.10 Å². The van der Waals surface area contributed by atoms with Crippen LogP contribution in [0.3, 0.4) is 0 Å². The van der Waals surface area contributed by atoms with Gasteiger partial charge in [0.2, 0.25) is 0 Å². The number of benzene rings is 1. The Balaban J connectivity index is 2.56. The van der Waals surface area contributed by atoms with E-state index in [4.69, 9.17) is 0 Å². The lowest BCUT2D eigenvalue weighted by Gasteiger charge is -2.10. The van der Waals surface area contributed by atoms with E-state index in [1.165, 1.54) is 6.07 Å². The highest BCUT2D eigenvalue weighted by Gasteiger charge is 2.09. The topological polar surface area (TPSA) is 20.2 Å². The van der Waals surface area contributed by atoms with Gasteiger partial charge in [0.15, 0.2) is 0 Å². The Morgan fingerprint density at radius 3 is 2.87 bits per heavy atom. The SMILES string of the molecule is CCSCC(O)Cc1ccc(Br)cc1F. The van der Waals surface area contributed by atoms with Gasteiger partial charge in [-0.1, -0.05) is 28.9 Å². The van der Waals surface area contributed by atoms with Gasteiger partial charge in [0.25, 0.3) is 0 Å². The lowest BCUT2D eigenvalue weighted by atomic mass is 10.1. The second kappa shape index (κ2) is 6.51. The van der Waals surface area contributed by atoms with E-state index in [0.29, 0.717) is 17.7 Å². The first kappa shape index (κ1) is 13.0. The molecule has 0 fully saturated rings. The molecule has 0 aliphatic rings. The van der Waals surface area contributed by atoms with Crippen LogP contribution in [0.1, 0.15) is 12.5 Å². The minimum absolute atomic E-state index is 0.259. The van der Waals surface area contributed by atoms with E-state index in [2.05, 4.69) is 15.9 Å². The molecule has 0 radical (unpaired) electrons. The van der Waals surface area contributed by atoms with Crippen LogP contribution in [0.5, 0.6) is 0 Å². The summed E-state index contributed by atoms with van der Waals surface area (Å²) in [6.45, 7) is 2.04. The molecule has 1 aromatic rings. The molecule has 1 N–H and O–H groups in total. The summed E-state index contributed by atoms with van der Waals surface area (Å²) >= 11 is 4.86. The Morgan fingerprint density at radius 1 is 1.53 bits per heavy atom. The fourth-order valence-electron chi connectivity index (χ4n) is 1.25. The summed E-state index contributed by atoms with van der Waals surface area (Å²) in [4.78, 5) is 0. The molecule has 0 heterocycles. The normalized spacial score (nSPS) is 12.8.